The van der Waals surface area contributed by atoms with Crippen molar-refractivity contribution in [2.24, 2.45) is 11.8 Å². The molecule has 1 aliphatic heterocycles. The predicted molar refractivity (Wildman–Crippen MR) is 162 cm³/mol. The van der Waals surface area contributed by atoms with Crippen molar-refractivity contribution in [1.29, 1.82) is 0 Å². The van der Waals surface area contributed by atoms with Crippen LogP contribution in [0.15, 0.2) is 72.8 Å². The van der Waals surface area contributed by atoms with E-state index in [-0.39, 0.29) is 35.0 Å². The fourth-order valence-electron chi connectivity index (χ4n) is 5.98. The van der Waals surface area contributed by atoms with E-state index in [0.29, 0.717) is 44.2 Å². The van der Waals surface area contributed by atoms with Crippen LogP contribution in [0.2, 0.25) is 5.02 Å². The maximum Gasteiger partial charge on any atom is 0.339 e. The molecule has 0 bridgehead atoms. The Morgan fingerprint density at radius 3 is 2.19 bits per heavy atom. The third-order valence-electron chi connectivity index (χ3n) is 8.28. The lowest BCUT2D eigenvalue weighted by Crippen LogP contribution is -2.30. The molecule has 3 unspecified atom stereocenters. The number of nitrogens with zero attached hydrogens (tertiary/aromatic N) is 2. The van der Waals surface area contributed by atoms with Gasteiger partial charge in [-0.1, -0.05) is 36.6 Å². The number of imide groups is 1. The summed E-state index contributed by atoms with van der Waals surface area (Å²) >= 11 is 6.26. The average Bonchev–Trinajstić information content (AvgIpc) is 3.29. The van der Waals surface area contributed by atoms with Crippen LogP contribution in [-0.2, 0) is 14.3 Å². The number of hydrogen-bond donors (Lipinski definition) is 0. The lowest BCUT2D eigenvalue weighted by Gasteiger charge is -2.19. The second-order valence-corrected chi connectivity index (χ2v) is 11.3. The summed E-state index contributed by atoms with van der Waals surface area (Å²) in [5, 5.41) is 0.904. The van der Waals surface area contributed by atoms with E-state index in [1.165, 1.54) is 18.9 Å². The molecule has 1 saturated carbocycles. The van der Waals surface area contributed by atoms with Gasteiger partial charge in [-0.05, 0) is 80.4 Å². The van der Waals surface area contributed by atoms with Crippen molar-refractivity contribution in [2.45, 2.75) is 38.7 Å². The third-order valence-corrected chi connectivity index (χ3v) is 8.52. The van der Waals surface area contributed by atoms with Crippen LogP contribution in [0.25, 0.3) is 22.2 Å². The molecule has 2 amide bonds. The maximum absolute atomic E-state index is 13.5. The molecule has 0 radical (unpaired) electrons. The van der Waals surface area contributed by atoms with E-state index in [1.54, 1.807) is 72.8 Å². The minimum atomic E-state index is -1.05. The standard InChI is InChI=1S/C34H29ClN2O6/c1-19(31(38)21-9-14-24(42-2)15-10-21)43-34(41)28-18-30(36-29-16-11-22(35)17-27(28)29)20-7-12-23(13-8-20)37-32(39)25-5-3-4-6-26(25)33(37)40/h7-19,25-26H,3-6H2,1-2H3. The molecule has 2 fully saturated rings. The van der Waals surface area contributed by atoms with Crippen LogP contribution in [0.4, 0.5) is 5.69 Å². The van der Waals surface area contributed by atoms with Crippen molar-refractivity contribution >= 4 is 51.8 Å². The van der Waals surface area contributed by atoms with Gasteiger partial charge in [0.15, 0.2) is 6.10 Å². The van der Waals surface area contributed by atoms with Crippen LogP contribution in [-0.4, -0.2) is 41.8 Å². The van der Waals surface area contributed by atoms with Crippen molar-refractivity contribution in [3.63, 3.8) is 0 Å². The fourth-order valence-corrected chi connectivity index (χ4v) is 6.15. The molecule has 8 nitrogen and oxygen atoms in total. The first-order chi connectivity index (χ1) is 20.7. The van der Waals surface area contributed by atoms with Crippen LogP contribution < -0.4 is 9.64 Å². The molecule has 6 rings (SSSR count). The zero-order valence-electron chi connectivity index (χ0n) is 23.7. The summed E-state index contributed by atoms with van der Waals surface area (Å²) in [5.74, 6) is -1.17. The number of esters is 1. The lowest BCUT2D eigenvalue weighted by molar-refractivity contribution is -0.122. The first kappa shape index (κ1) is 28.6. The smallest absolute Gasteiger partial charge is 0.339 e. The first-order valence-electron chi connectivity index (χ1n) is 14.2. The molecule has 2 aliphatic rings. The van der Waals surface area contributed by atoms with Crippen molar-refractivity contribution in [3.05, 3.63) is 88.9 Å². The number of ketones is 1. The predicted octanol–water partition coefficient (Wildman–Crippen LogP) is 6.67. The van der Waals surface area contributed by atoms with E-state index >= 15 is 0 Å². The monoisotopic (exact) mass is 596 g/mol. The number of hydrogen-bond acceptors (Lipinski definition) is 7. The Labute approximate surface area is 253 Å². The number of carbonyl (C=O) groups is 4. The van der Waals surface area contributed by atoms with Crippen molar-refractivity contribution in [2.75, 3.05) is 12.0 Å². The minimum Gasteiger partial charge on any atom is -0.497 e. The average molecular weight is 597 g/mol. The summed E-state index contributed by atoms with van der Waals surface area (Å²) in [7, 11) is 1.54. The van der Waals surface area contributed by atoms with Gasteiger partial charge >= 0.3 is 5.97 Å². The Morgan fingerprint density at radius 1 is 0.907 bits per heavy atom. The number of halogens is 1. The highest BCUT2D eigenvalue weighted by molar-refractivity contribution is 6.31. The summed E-state index contributed by atoms with van der Waals surface area (Å²) in [6.07, 6.45) is 2.37. The highest BCUT2D eigenvalue weighted by Crippen LogP contribution is 2.40. The number of carbonyl (C=O) groups excluding carboxylic acids is 4. The van der Waals surface area contributed by atoms with Gasteiger partial charge in [-0.3, -0.25) is 19.3 Å². The molecule has 4 aromatic rings. The van der Waals surface area contributed by atoms with Gasteiger partial charge in [0.05, 0.1) is 41.4 Å². The summed E-state index contributed by atoms with van der Waals surface area (Å²) in [4.78, 5) is 58.6. The number of Topliss-reactive ketones (excluding diaryl/α,β-unsaturated/α-hetero) is 1. The van der Waals surface area contributed by atoms with E-state index < -0.39 is 12.1 Å². The van der Waals surface area contributed by atoms with Gasteiger partial charge in [0.2, 0.25) is 17.6 Å². The fraction of sp³-hybridized carbons (Fsp3) is 0.265. The number of methoxy groups -OCH3 is 1. The van der Waals surface area contributed by atoms with Crippen LogP contribution in [0.3, 0.4) is 0 Å². The van der Waals surface area contributed by atoms with Crippen molar-refractivity contribution in [3.8, 4) is 17.0 Å². The quantitative estimate of drug-likeness (QED) is 0.133. The number of fused-ring (bicyclic) bond motifs is 2. The SMILES string of the molecule is COc1ccc(C(=O)C(C)OC(=O)c2cc(-c3ccc(N4C(=O)C5CCCCC5C4=O)cc3)nc3ccc(Cl)cc23)cc1. The van der Waals surface area contributed by atoms with E-state index in [1.807, 2.05) is 0 Å². The first-order valence-corrected chi connectivity index (χ1v) is 14.6. The third kappa shape index (κ3) is 5.39. The Kier molecular flexibility index (Phi) is 7.71. The molecule has 1 aliphatic carbocycles. The van der Waals surface area contributed by atoms with Gasteiger partial charge in [0.1, 0.15) is 5.75 Å². The molecule has 1 saturated heterocycles. The lowest BCUT2D eigenvalue weighted by atomic mass is 9.81. The number of amides is 2. The second kappa shape index (κ2) is 11.6. The number of anilines is 1. The molecule has 0 spiro atoms. The number of ether oxygens (including phenoxy) is 2. The van der Waals surface area contributed by atoms with E-state index in [4.69, 9.17) is 26.1 Å². The second-order valence-electron chi connectivity index (χ2n) is 10.9. The largest absolute Gasteiger partial charge is 0.497 e. The summed E-state index contributed by atoms with van der Waals surface area (Å²) in [6.45, 7) is 1.53. The summed E-state index contributed by atoms with van der Waals surface area (Å²) in [5.41, 5.74) is 2.78. The van der Waals surface area contributed by atoms with Gasteiger partial charge in [0, 0.05) is 21.5 Å². The minimum absolute atomic E-state index is 0.133. The molecule has 3 aromatic carbocycles. The van der Waals surface area contributed by atoms with Gasteiger partial charge in [-0.15, -0.1) is 0 Å². The molecule has 1 aromatic heterocycles. The van der Waals surface area contributed by atoms with Gasteiger partial charge in [-0.25, -0.2) is 9.78 Å². The number of aromatic nitrogens is 1. The van der Waals surface area contributed by atoms with E-state index in [0.717, 1.165) is 25.7 Å². The highest BCUT2D eigenvalue weighted by atomic mass is 35.5. The number of rotatable bonds is 7. The molecule has 3 atom stereocenters. The number of benzene rings is 3. The van der Waals surface area contributed by atoms with E-state index in [9.17, 15) is 19.2 Å². The Hall–Kier alpha value is -4.56. The molecular formula is C34H29ClN2O6. The molecule has 2 heterocycles. The topological polar surface area (TPSA) is 103 Å². The van der Waals surface area contributed by atoms with Crippen LogP contribution >= 0.6 is 11.6 Å². The highest BCUT2D eigenvalue weighted by Gasteiger charge is 2.48. The van der Waals surface area contributed by atoms with E-state index in [2.05, 4.69) is 0 Å². The molecule has 218 valence electrons. The van der Waals surface area contributed by atoms with Crippen molar-refractivity contribution in [1.82, 2.24) is 4.98 Å². The normalized spacial score (nSPS) is 18.8. The Morgan fingerprint density at radius 2 is 1.56 bits per heavy atom. The van der Waals surface area contributed by atoms with Crippen LogP contribution in [0.1, 0.15) is 53.3 Å². The molecular weight excluding hydrogens is 568 g/mol. The van der Waals surface area contributed by atoms with Gasteiger partial charge in [0.25, 0.3) is 0 Å². The van der Waals surface area contributed by atoms with Crippen LogP contribution in [0, 0.1) is 11.8 Å². The zero-order valence-corrected chi connectivity index (χ0v) is 24.5. The zero-order chi connectivity index (χ0) is 30.2. The summed E-state index contributed by atoms with van der Waals surface area (Å²) < 4.78 is 10.8. The molecule has 0 N–H and O–H groups in total. The molecule has 9 heteroatoms. The maximum atomic E-state index is 13.5. The molecule has 43 heavy (non-hydrogen) atoms. The van der Waals surface area contributed by atoms with Gasteiger partial charge in [-0.2, -0.15) is 0 Å². The summed E-state index contributed by atoms with van der Waals surface area (Å²) in [6, 6.07) is 20.2. The number of pyridine rings is 1. The Balaban J connectivity index is 1.28. The van der Waals surface area contributed by atoms with Crippen LogP contribution in [0.5, 0.6) is 5.75 Å². The Bertz CT molecular complexity index is 1730. The van der Waals surface area contributed by atoms with Gasteiger partial charge < -0.3 is 9.47 Å². The van der Waals surface area contributed by atoms with Crippen molar-refractivity contribution < 1.29 is 28.7 Å².